The number of methoxy groups -OCH3 is 1. The van der Waals surface area contributed by atoms with Crippen LogP contribution in [0, 0.1) is 0 Å². The number of nitrogens with zero attached hydrogens (tertiary/aromatic N) is 2. The largest absolute Gasteiger partial charge is 0.383 e. The molecule has 0 aromatic carbocycles. The predicted octanol–water partition coefficient (Wildman–Crippen LogP) is 4.75. The summed E-state index contributed by atoms with van der Waals surface area (Å²) in [7, 11) is 1.75. The third-order valence-corrected chi connectivity index (χ3v) is 7.04. The molecular formula is C27H40ClN5O3. The third-order valence-electron chi connectivity index (χ3n) is 6.73. The Labute approximate surface area is 219 Å². The molecule has 3 N–H and O–H groups in total. The molecule has 36 heavy (non-hydrogen) atoms. The van der Waals surface area contributed by atoms with Crippen LogP contribution < -0.4 is 16.0 Å². The van der Waals surface area contributed by atoms with E-state index in [1.54, 1.807) is 13.3 Å². The number of halogens is 1. The van der Waals surface area contributed by atoms with Crippen LogP contribution in [0.4, 0.5) is 11.6 Å². The van der Waals surface area contributed by atoms with Gasteiger partial charge >= 0.3 is 0 Å². The first-order valence-corrected chi connectivity index (χ1v) is 13.3. The van der Waals surface area contributed by atoms with E-state index in [9.17, 15) is 0 Å². The summed E-state index contributed by atoms with van der Waals surface area (Å²) in [6.07, 6.45) is 6.16. The molecule has 9 heteroatoms. The first kappa shape index (κ1) is 27.1. The molecule has 8 nitrogen and oxygen atoms in total. The average Bonchev–Trinajstić information content (AvgIpc) is 2.86. The summed E-state index contributed by atoms with van der Waals surface area (Å²) in [5, 5.41) is 11.2. The van der Waals surface area contributed by atoms with Gasteiger partial charge < -0.3 is 30.2 Å². The van der Waals surface area contributed by atoms with E-state index in [1.165, 1.54) is 0 Å². The monoisotopic (exact) mass is 517 g/mol. The topological polar surface area (TPSA) is 89.6 Å². The van der Waals surface area contributed by atoms with Gasteiger partial charge in [-0.15, -0.1) is 0 Å². The molecular weight excluding hydrogens is 478 g/mol. The summed E-state index contributed by atoms with van der Waals surface area (Å²) in [4.78, 5) is 9.32. The molecule has 4 rings (SSSR count). The number of rotatable bonds is 10. The van der Waals surface area contributed by atoms with E-state index in [0.29, 0.717) is 42.9 Å². The highest BCUT2D eigenvalue weighted by Gasteiger charge is 2.28. The quantitative estimate of drug-likeness (QED) is 0.416. The fourth-order valence-corrected chi connectivity index (χ4v) is 4.97. The van der Waals surface area contributed by atoms with Gasteiger partial charge in [-0.3, -0.25) is 0 Å². The number of anilines is 2. The van der Waals surface area contributed by atoms with Crippen molar-refractivity contribution < 1.29 is 14.2 Å². The molecule has 2 atom stereocenters. The number of nitrogens with one attached hydrogen (secondary N) is 3. The highest BCUT2D eigenvalue weighted by atomic mass is 35.5. The standard InChI is InChI=1S/C27H40ClN5O3/c1-18(15-34-4)31-19-8-10-20(11-9-19)32-26-12-22(23(28)14-30-26)24-6-5-7-25(33-24)29-13-21-16-36-27(2,3)17-35-21/h5-7,12,14,18-21,31H,8-11,13,15-17H2,1-4H3,(H,29,33)(H,30,32)/t18-,19-,20-,21?/m1/s1. The molecule has 2 aliphatic rings. The summed E-state index contributed by atoms with van der Waals surface area (Å²) in [5.74, 6) is 1.60. The van der Waals surface area contributed by atoms with Gasteiger partial charge in [-0.2, -0.15) is 0 Å². The highest BCUT2D eigenvalue weighted by molar-refractivity contribution is 6.33. The van der Waals surface area contributed by atoms with E-state index in [0.717, 1.165) is 55.2 Å². The van der Waals surface area contributed by atoms with Crippen LogP contribution in [0.1, 0.15) is 46.5 Å². The zero-order valence-electron chi connectivity index (χ0n) is 21.9. The van der Waals surface area contributed by atoms with Crippen molar-refractivity contribution >= 4 is 23.2 Å². The minimum atomic E-state index is -0.225. The molecule has 2 aromatic heterocycles. The van der Waals surface area contributed by atoms with Crippen molar-refractivity contribution in [2.24, 2.45) is 0 Å². The Hall–Kier alpha value is -1.97. The lowest BCUT2D eigenvalue weighted by molar-refractivity contribution is -0.170. The summed E-state index contributed by atoms with van der Waals surface area (Å²) in [5.41, 5.74) is 1.44. The number of hydrogen-bond donors (Lipinski definition) is 3. The van der Waals surface area contributed by atoms with Gasteiger partial charge in [0.1, 0.15) is 11.6 Å². The minimum absolute atomic E-state index is 0.00252. The molecule has 1 saturated heterocycles. The van der Waals surface area contributed by atoms with Crippen LogP contribution in [0.5, 0.6) is 0 Å². The molecule has 0 radical (unpaired) electrons. The lowest BCUT2D eigenvalue weighted by Crippen LogP contribution is -2.44. The second-order valence-electron chi connectivity index (χ2n) is 10.6. The second kappa shape index (κ2) is 12.5. The van der Waals surface area contributed by atoms with Gasteiger partial charge in [0.05, 0.1) is 42.2 Å². The van der Waals surface area contributed by atoms with E-state index in [4.69, 9.17) is 30.8 Å². The molecule has 1 saturated carbocycles. The van der Waals surface area contributed by atoms with Gasteiger partial charge in [-0.05, 0) is 64.7 Å². The summed E-state index contributed by atoms with van der Waals surface area (Å²) < 4.78 is 17.0. The van der Waals surface area contributed by atoms with Crippen LogP contribution in [0.15, 0.2) is 30.5 Å². The molecule has 0 amide bonds. The van der Waals surface area contributed by atoms with Crippen molar-refractivity contribution in [1.82, 2.24) is 15.3 Å². The number of ether oxygens (including phenoxy) is 3. The Morgan fingerprint density at radius 3 is 2.67 bits per heavy atom. The van der Waals surface area contributed by atoms with Crippen LogP contribution in [0.25, 0.3) is 11.3 Å². The molecule has 2 fully saturated rings. The Bertz CT molecular complexity index is 974. The minimum Gasteiger partial charge on any atom is -0.383 e. The van der Waals surface area contributed by atoms with Crippen LogP contribution in [-0.4, -0.2) is 73.3 Å². The SMILES string of the molecule is COC[C@@H](C)N[C@H]1CC[C@H](Nc2cc(-c3cccc(NCC4COC(C)(C)CO4)n3)c(Cl)cn2)CC1. The van der Waals surface area contributed by atoms with E-state index >= 15 is 0 Å². The summed E-state index contributed by atoms with van der Waals surface area (Å²) in [6, 6.07) is 9.21. The number of pyridine rings is 2. The van der Waals surface area contributed by atoms with Gasteiger partial charge in [0, 0.05) is 43.5 Å². The average molecular weight is 518 g/mol. The Kier molecular flexibility index (Phi) is 9.41. The van der Waals surface area contributed by atoms with Gasteiger partial charge in [0.2, 0.25) is 0 Å². The Morgan fingerprint density at radius 1 is 1.17 bits per heavy atom. The van der Waals surface area contributed by atoms with Crippen molar-refractivity contribution in [3.8, 4) is 11.3 Å². The van der Waals surface area contributed by atoms with Crippen LogP contribution >= 0.6 is 11.6 Å². The van der Waals surface area contributed by atoms with Crippen LogP contribution in [-0.2, 0) is 14.2 Å². The zero-order valence-corrected chi connectivity index (χ0v) is 22.6. The number of aromatic nitrogens is 2. The lowest BCUT2D eigenvalue weighted by Gasteiger charge is -2.35. The van der Waals surface area contributed by atoms with Crippen LogP contribution in [0.3, 0.4) is 0 Å². The zero-order chi connectivity index (χ0) is 25.5. The van der Waals surface area contributed by atoms with Crippen molar-refractivity contribution in [1.29, 1.82) is 0 Å². The van der Waals surface area contributed by atoms with Gasteiger partial charge in [0.25, 0.3) is 0 Å². The summed E-state index contributed by atoms with van der Waals surface area (Å²) in [6.45, 7) is 8.76. The summed E-state index contributed by atoms with van der Waals surface area (Å²) >= 11 is 6.54. The maximum Gasteiger partial charge on any atom is 0.126 e. The first-order chi connectivity index (χ1) is 17.3. The fraction of sp³-hybridized carbons (Fsp3) is 0.630. The van der Waals surface area contributed by atoms with Gasteiger partial charge in [-0.25, -0.2) is 9.97 Å². The maximum absolute atomic E-state index is 6.54. The van der Waals surface area contributed by atoms with Gasteiger partial charge in [-0.1, -0.05) is 17.7 Å². The molecule has 3 heterocycles. The molecule has 0 spiro atoms. The van der Waals surface area contributed by atoms with E-state index in [2.05, 4.69) is 27.9 Å². The van der Waals surface area contributed by atoms with Crippen molar-refractivity contribution in [2.45, 2.75) is 76.3 Å². The fourth-order valence-electron chi connectivity index (χ4n) is 4.77. The molecule has 1 aliphatic carbocycles. The van der Waals surface area contributed by atoms with Crippen molar-refractivity contribution in [3.63, 3.8) is 0 Å². The first-order valence-electron chi connectivity index (χ1n) is 13.0. The molecule has 2 aromatic rings. The molecule has 198 valence electrons. The van der Waals surface area contributed by atoms with Crippen LogP contribution in [0.2, 0.25) is 5.02 Å². The molecule has 1 aliphatic heterocycles. The van der Waals surface area contributed by atoms with E-state index < -0.39 is 0 Å². The van der Waals surface area contributed by atoms with E-state index in [1.807, 2.05) is 38.1 Å². The van der Waals surface area contributed by atoms with Crippen molar-refractivity contribution in [3.05, 3.63) is 35.5 Å². The Morgan fingerprint density at radius 2 is 1.94 bits per heavy atom. The number of hydrogen-bond acceptors (Lipinski definition) is 8. The molecule has 1 unspecified atom stereocenters. The highest BCUT2D eigenvalue weighted by Crippen LogP contribution is 2.30. The predicted molar refractivity (Wildman–Crippen MR) is 145 cm³/mol. The van der Waals surface area contributed by atoms with Gasteiger partial charge in [0.15, 0.2) is 0 Å². The lowest BCUT2D eigenvalue weighted by atomic mass is 9.90. The smallest absolute Gasteiger partial charge is 0.126 e. The van der Waals surface area contributed by atoms with Crippen molar-refractivity contribution in [2.75, 3.05) is 44.1 Å². The third kappa shape index (κ3) is 7.76. The molecule has 0 bridgehead atoms. The normalized spacial score (nSPS) is 24.8. The van der Waals surface area contributed by atoms with E-state index in [-0.39, 0.29) is 11.7 Å². The second-order valence-corrected chi connectivity index (χ2v) is 11.0. The maximum atomic E-state index is 6.54. The Balaban J connectivity index is 1.33.